The fourth-order valence-corrected chi connectivity index (χ4v) is 4.43. The van der Waals surface area contributed by atoms with E-state index in [9.17, 15) is 21.6 Å². The predicted octanol–water partition coefficient (Wildman–Crippen LogP) is 3.58. The zero-order chi connectivity index (χ0) is 22.6. The third-order valence-electron chi connectivity index (χ3n) is 4.15. The molecule has 0 saturated carbocycles. The normalized spacial score (nSPS) is 11.5. The van der Waals surface area contributed by atoms with Crippen LogP contribution in [-0.2, 0) is 20.1 Å². The second-order valence-electron chi connectivity index (χ2n) is 6.75. The van der Waals surface area contributed by atoms with Crippen molar-refractivity contribution < 1.29 is 25.8 Å². The molecule has 0 aliphatic heterocycles. The lowest BCUT2D eigenvalue weighted by molar-refractivity contribution is 0.256. The molecule has 0 unspecified atom stereocenters. The molecule has 0 aromatic heterocycles. The van der Waals surface area contributed by atoms with Gasteiger partial charge in [-0.25, -0.2) is 17.9 Å². The summed E-state index contributed by atoms with van der Waals surface area (Å²) in [5.41, 5.74) is 1.93. The summed E-state index contributed by atoms with van der Waals surface area (Å²) in [4.78, 5) is 11.9. The molecular formula is C21H20N2O6S2. The first-order valence-electron chi connectivity index (χ1n) is 9.07. The molecular weight excluding hydrogens is 440 g/mol. The van der Waals surface area contributed by atoms with Crippen LogP contribution in [0, 0.1) is 13.8 Å². The lowest BCUT2D eigenvalue weighted by atomic mass is 10.2. The van der Waals surface area contributed by atoms with Crippen LogP contribution in [0.15, 0.2) is 82.6 Å². The molecule has 10 heteroatoms. The molecule has 0 heterocycles. The van der Waals surface area contributed by atoms with Crippen molar-refractivity contribution in [1.29, 1.82) is 0 Å². The maximum absolute atomic E-state index is 12.4. The fraction of sp³-hybridized carbons (Fsp3) is 0.0952. The van der Waals surface area contributed by atoms with E-state index in [2.05, 4.69) is 5.32 Å². The third kappa shape index (κ3) is 5.83. The molecule has 2 N–H and O–H groups in total. The van der Waals surface area contributed by atoms with Gasteiger partial charge >= 0.3 is 16.1 Å². The fourth-order valence-electron chi connectivity index (χ4n) is 2.60. The van der Waals surface area contributed by atoms with Crippen LogP contribution in [0.4, 0.5) is 10.5 Å². The standard InChI is InChI=1S/C21H20N2O6S2/c1-15-6-10-19(11-7-15)30(25,26)23-21(24)22-17-8-12-20(13-9-17)31(27,28)29-18-5-3-4-16(2)14-18/h3-14H,1-2H3,(H2,22,23,24). The maximum Gasteiger partial charge on any atom is 0.339 e. The molecule has 8 nitrogen and oxygen atoms in total. The van der Waals surface area contributed by atoms with Crippen molar-refractivity contribution in [2.75, 3.05) is 5.32 Å². The quantitative estimate of drug-likeness (QED) is 0.543. The lowest BCUT2D eigenvalue weighted by Crippen LogP contribution is -2.34. The number of hydrogen-bond donors (Lipinski definition) is 2. The minimum absolute atomic E-state index is 0.0528. The Morgan fingerprint density at radius 1 is 0.774 bits per heavy atom. The van der Waals surface area contributed by atoms with E-state index in [1.807, 2.05) is 24.6 Å². The highest BCUT2D eigenvalue weighted by atomic mass is 32.2. The third-order valence-corrected chi connectivity index (χ3v) is 6.76. The number of aryl methyl sites for hydroxylation is 2. The molecule has 0 bridgehead atoms. The number of carbonyl (C=O) groups excluding carboxylic acids is 1. The van der Waals surface area contributed by atoms with E-state index < -0.39 is 26.2 Å². The summed E-state index contributed by atoms with van der Waals surface area (Å²) < 4.78 is 56.4. The molecule has 0 aliphatic rings. The monoisotopic (exact) mass is 460 g/mol. The number of urea groups is 1. The molecule has 0 radical (unpaired) electrons. The van der Waals surface area contributed by atoms with Crippen LogP contribution in [0.3, 0.4) is 0 Å². The number of sulfonamides is 1. The van der Waals surface area contributed by atoms with Crippen LogP contribution in [0.1, 0.15) is 11.1 Å². The molecule has 0 spiro atoms. The predicted molar refractivity (Wildman–Crippen MR) is 116 cm³/mol. The van der Waals surface area contributed by atoms with E-state index >= 15 is 0 Å². The molecule has 0 aliphatic carbocycles. The van der Waals surface area contributed by atoms with Crippen LogP contribution >= 0.6 is 0 Å². The molecule has 0 fully saturated rings. The first-order chi connectivity index (χ1) is 14.5. The van der Waals surface area contributed by atoms with E-state index in [1.165, 1.54) is 42.5 Å². The summed E-state index contributed by atoms with van der Waals surface area (Å²) in [6.07, 6.45) is 0. The molecule has 3 aromatic rings. The molecule has 0 saturated heterocycles. The van der Waals surface area contributed by atoms with E-state index in [0.29, 0.717) is 0 Å². The summed E-state index contributed by atoms with van der Waals surface area (Å²) in [5.74, 6) is 0.183. The Hall–Kier alpha value is -3.37. The highest BCUT2D eigenvalue weighted by molar-refractivity contribution is 7.90. The van der Waals surface area contributed by atoms with Gasteiger partial charge in [0.25, 0.3) is 10.0 Å². The van der Waals surface area contributed by atoms with Crippen molar-refractivity contribution in [2.45, 2.75) is 23.6 Å². The van der Waals surface area contributed by atoms with E-state index in [-0.39, 0.29) is 21.2 Å². The molecule has 2 amide bonds. The van der Waals surface area contributed by atoms with Gasteiger partial charge in [-0.2, -0.15) is 8.42 Å². The van der Waals surface area contributed by atoms with Crippen molar-refractivity contribution in [2.24, 2.45) is 0 Å². The van der Waals surface area contributed by atoms with Gasteiger partial charge in [0.2, 0.25) is 0 Å². The van der Waals surface area contributed by atoms with Gasteiger partial charge in [-0.1, -0.05) is 29.8 Å². The van der Waals surface area contributed by atoms with E-state index in [0.717, 1.165) is 11.1 Å². The van der Waals surface area contributed by atoms with Gasteiger partial charge < -0.3 is 9.50 Å². The number of rotatable bonds is 6. The largest absolute Gasteiger partial charge is 0.379 e. The number of hydrogen-bond acceptors (Lipinski definition) is 6. The number of nitrogens with one attached hydrogen (secondary N) is 2. The van der Waals surface area contributed by atoms with Crippen molar-refractivity contribution in [3.63, 3.8) is 0 Å². The summed E-state index contributed by atoms with van der Waals surface area (Å²) >= 11 is 0. The topological polar surface area (TPSA) is 119 Å². The number of carbonyl (C=O) groups is 1. The Morgan fingerprint density at radius 2 is 1.39 bits per heavy atom. The second-order valence-corrected chi connectivity index (χ2v) is 9.98. The van der Waals surface area contributed by atoms with Crippen LogP contribution in [0.2, 0.25) is 0 Å². The Labute approximate surface area is 181 Å². The average Bonchev–Trinajstić information content (AvgIpc) is 2.68. The van der Waals surface area contributed by atoms with Crippen molar-refractivity contribution in [1.82, 2.24) is 4.72 Å². The van der Waals surface area contributed by atoms with Crippen molar-refractivity contribution >= 4 is 31.9 Å². The maximum atomic E-state index is 12.4. The smallest absolute Gasteiger partial charge is 0.339 e. The van der Waals surface area contributed by atoms with Gasteiger partial charge in [0.1, 0.15) is 10.6 Å². The van der Waals surface area contributed by atoms with Gasteiger partial charge in [-0.3, -0.25) is 0 Å². The van der Waals surface area contributed by atoms with E-state index in [1.54, 1.807) is 24.3 Å². The first kappa shape index (κ1) is 22.3. The lowest BCUT2D eigenvalue weighted by Gasteiger charge is -2.10. The van der Waals surface area contributed by atoms with Gasteiger partial charge in [-0.05, 0) is 67.9 Å². The summed E-state index contributed by atoms with van der Waals surface area (Å²) in [6.45, 7) is 3.62. The molecule has 3 aromatic carbocycles. The number of amides is 2. The Bertz CT molecular complexity index is 1300. The molecule has 31 heavy (non-hydrogen) atoms. The van der Waals surface area contributed by atoms with Gasteiger partial charge in [-0.15, -0.1) is 0 Å². The summed E-state index contributed by atoms with van der Waals surface area (Å²) in [7, 11) is -8.11. The van der Waals surface area contributed by atoms with Crippen molar-refractivity contribution in [3.05, 3.63) is 83.9 Å². The van der Waals surface area contributed by atoms with Crippen LogP contribution in [-0.4, -0.2) is 22.9 Å². The summed E-state index contributed by atoms with van der Waals surface area (Å²) in [6, 6.07) is 16.8. The first-order valence-corrected chi connectivity index (χ1v) is 12.0. The SMILES string of the molecule is Cc1ccc(S(=O)(=O)NC(=O)Nc2ccc(S(=O)(=O)Oc3cccc(C)c3)cc2)cc1. The minimum Gasteiger partial charge on any atom is -0.379 e. The molecule has 3 rings (SSSR count). The van der Waals surface area contributed by atoms with Crippen LogP contribution < -0.4 is 14.2 Å². The minimum atomic E-state index is -4.07. The van der Waals surface area contributed by atoms with Gasteiger partial charge in [0.15, 0.2) is 0 Å². The number of anilines is 1. The van der Waals surface area contributed by atoms with Gasteiger partial charge in [0, 0.05) is 5.69 Å². The highest BCUT2D eigenvalue weighted by Crippen LogP contribution is 2.21. The Kier molecular flexibility index (Phi) is 6.32. The average molecular weight is 461 g/mol. The zero-order valence-corrected chi connectivity index (χ0v) is 18.3. The van der Waals surface area contributed by atoms with E-state index in [4.69, 9.17) is 4.18 Å². The highest BCUT2D eigenvalue weighted by Gasteiger charge is 2.19. The molecule has 0 atom stereocenters. The van der Waals surface area contributed by atoms with Crippen LogP contribution in [0.5, 0.6) is 5.75 Å². The second kappa shape index (κ2) is 8.78. The Balaban J connectivity index is 1.67. The molecule has 162 valence electrons. The van der Waals surface area contributed by atoms with Crippen LogP contribution in [0.25, 0.3) is 0 Å². The van der Waals surface area contributed by atoms with Gasteiger partial charge in [0.05, 0.1) is 4.90 Å². The Morgan fingerprint density at radius 3 is 2.00 bits per heavy atom. The zero-order valence-electron chi connectivity index (χ0n) is 16.7. The number of benzene rings is 3. The van der Waals surface area contributed by atoms with Crippen molar-refractivity contribution in [3.8, 4) is 5.75 Å². The summed E-state index contributed by atoms with van der Waals surface area (Å²) in [5, 5.41) is 2.35.